The van der Waals surface area contributed by atoms with Crippen LogP contribution in [0.1, 0.15) is 49.1 Å². The Morgan fingerprint density at radius 1 is 1.07 bits per heavy atom. The Hall–Kier alpha value is -1.79. The molecule has 3 atom stereocenters. The van der Waals surface area contributed by atoms with Crippen molar-refractivity contribution < 1.29 is 13.6 Å². The molecule has 30 heavy (non-hydrogen) atoms. The van der Waals surface area contributed by atoms with Crippen LogP contribution >= 0.6 is 11.3 Å². The fourth-order valence-corrected chi connectivity index (χ4v) is 6.57. The monoisotopic (exact) mass is 430 g/mol. The number of carbonyl (C=O) groups is 1. The van der Waals surface area contributed by atoms with Crippen LogP contribution in [0.2, 0.25) is 0 Å². The molecule has 0 N–H and O–H groups in total. The number of piperidine rings is 1. The summed E-state index contributed by atoms with van der Waals surface area (Å²) in [6.45, 7) is 3.21. The molecule has 0 spiro atoms. The molecule has 0 bridgehead atoms. The second-order valence-corrected chi connectivity index (χ2v) is 9.92. The predicted molar refractivity (Wildman–Crippen MR) is 114 cm³/mol. The van der Waals surface area contributed by atoms with E-state index in [0.717, 1.165) is 44.5 Å². The van der Waals surface area contributed by atoms with Gasteiger partial charge in [-0.2, -0.15) is 11.3 Å². The maximum absolute atomic E-state index is 13.6. The molecule has 1 amide bonds. The molecule has 5 rings (SSSR count). The summed E-state index contributed by atoms with van der Waals surface area (Å²) >= 11 is 1.71. The molecule has 2 saturated heterocycles. The fraction of sp³-hybridized carbons (Fsp3) is 0.542. The van der Waals surface area contributed by atoms with Crippen LogP contribution in [0.5, 0.6) is 0 Å². The maximum atomic E-state index is 13.6. The van der Waals surface area contributed by atoms with E-state index in [4.69, 9.17) is 0 Å². The van der Waals surface area contributed by atoms with Crippen LogP contribution in [0.3, 0.4) is 0 Å². The minimum atomic E-state index is -0.799. The Morgan fingerprint density at radius 2 is 1.90 bits per heavy atom. The molecule has 160 valence electrons. The molecule has 3 aliphatic rings. The third-order valence-corrected chi connectivity index (χ3v) is 8.07. The number of hydrogen-bond donors (Lipinski definition) is 0. The summed E-state index contributed by atoms with van der Waals surface area (Å²) in [4.78, 5) is 17.8. The number of nitrogens with zero attached hydrogens (tertiary/aromatic N) is 2. The van der Waals surface area contributed by atoms with Crippen LogP contribution in [-0.2, 0) is 11.3 Å². The zero-order valence-electron chi connectivity index (χ0n) is 17.1. The molecule has 2 aliphatic heterocycles. The highest BCUT2D eigenvalue weighted by Crippen LogP contribution is 2.43. The molecule has 0 radical (unpaired) electrons. The highest BCUT2D eigenvalue weighted by Gasteiger charge is 2.48. The molecule has 6 heteroatoms. The van der Waals surface area contributed by atoms with Crippen molar-refractivity contribution in [2.75, 3.05) is 19.6 Å². The Kier molecular flexibility index (Phi) is 5.63. The Balaban J connectivity index is 1.35. The van der Waals surface area contributed by atoms with Gasteiger partial charge in [-0.3, -0.25) is 9.69 Å². The molecule has 1 aromatic heterocycles. The first-order valence-electron chi connectivity index (χ1n) is 11.1. The highest BCUT2D eigenvalue weighted by atomic mass is 32.1. The van der Waals surface area contributed by atoms with Crippen molar-refractivity contribution in [1.82, 2.24) is 9.80 Å². The minimum absolute atomic E-state index is 0.215. The summed E-state index contributed by atoms with van der Waals surface area (Å²) in [6.07, 6.45) is 5.38. The van der Waals surface area contributed by atoms with Gasteiger partial charge in [0.15, 0.2) is 11.6 Å². The van der Waals surface area contributed by atoms with Crippen LogP contribution < -0.4 is 0 Å². The fourth-order valence-electron chi connectivity index (χ4n) is 5.84. The SMILES string of the molecule is O=C(C1CCCC1)N1C[C@@H](c2ccsc2)[C@@H]2CN(Cc3ccc(F)c(F)c3)CC[C@@H]21. The van der Waals surface area contributed by atoms with E-state index in [1.807, 2.05) is 0 Å². The van der Waals surface area contributed by atoms with Gasteiger partial charge in [0.2, 0.25) is 5.91 Å². The van der Waals surface area contributed by atoms with Crippen molar-refractivity contribution >= 4 is 17.2 Å². The molecule has 1 aliphatic carbocycles. The summed E-state index contributed by atoms with van der Waals surface area (Å²) in [7, 11) is 0. The second-order valence-electron chi connectivity index (χ2n) is 9.14. The first-order valence-corrected chi connectivity index (χ1v) is 12.0. The molecule has 2 aromatic rings. The van der Waals surface area contributed by atoms with E-state index in [1.165, 1.54) is 30.5 Å². The molecule has 3 nitrogen and oxygen atoms in total. The lowest BCUT2D eigenvalue weighted by Gasteiger charge is -2.39. The highest BCUT2D eigenvalue weighted by molar-refractivity contribution is 7.08. The van der Waals surface area contributed by atoms with E-state index in [2.05, 4.69) is 26.6 Å². The van der Waals surface area contributed by atoms with Gasteiger partial charge in [0, 0.05) is 50.0 Å². The third kappa shape index (κ3) is 3.80. The Morgan fingerprint density at radius 3 is 2.63 bits per heavy atom. The Labute approximate surface area is 180 Å². The van der Waals surface area contributed by atoms with Gasteiger partial charge in [-0.05, 0) is 59.3 Å². The molecular formula is C24H28F2N2OS. The van der Waals surface area contributed by atoms with Gasteiger partial charge in [0.05, 0.1) is 0 Å². The number of halogens is 2. The standard InChI is InChI=1S/C24H28F2N2OS/c25-21-6-5-16(11-22(21)26)12-27-9-7-23-20(13-27)19(18-8-10-30-15-18)14-28(23)24(29)17-3-1-2-4-17/h5-6,8,10-11,15,17,19-20,23H,1-4,7,9,12-14H2/t19-,20-,23-/m0/s1. The van der Waals surface area contributed by atoms with Gasteiger partial charge >= 0.3 is 0 Å². The first-order chi connectivity index (χ1) is 14.6. The lowest BCUT2D eigenvalue weighted by Crippen LogP contribution is -2.48. The smallest absolute Gasteiger partial charge is 0.225 e. The van der Waals surface area contributed by atoms with Crippen LogP contribution in [0.4, 0.5) is 8.78 Å². The summed E-state index contributed by atoms with van der Waals surface area (Å²) in [5.74, 6) is -0.246. The van der Waals surface area contributed by atoms with Crippen molar-refractivity contribution in [3.8, 4) is 0 Å². The lowest BCUT2D eigenvalue weighted by atomic mass is 9.82. The van der Waals surface area contributed by atoms with Crippen molar-refractivity contribution in [2.24, 2.45) is 11.8 Å². The average Bonchev–Trinajstić information content (AvgIpc) is 3.50. The van der Waals surface area contributed by atoms with E-state index in [-0.39, 0.29) is 5.92 Å². The number of carbonyl (C=O) groups excluding carboxylic acids is 1. The number of thiophene rings is 1. The van der Waals surface area contributed by atoms with Gasteiger partial charge in [0.1, 0.15) is 0 Å². The second kappa shape index (κ2) is 8.39. The van der Waals surface area contributed by atoms with Gasteiger partial charge in [0.25, 0.3) is 0 Å². The number of hydrogen-bond acceptors (Lipinski definition) is 3. The van der Waals surface area contributed by atoms with Crippen LogP contribution in [0, 0.1) is 23.5 Å². The molecule has 3 heterocycles. The van der Waals surface area contributed by atoms with Crippen LogP contribution in [0.25, 0.3) is 0 Å². The van der Waals surface area contributed by atoms with E-state index >= 15 is 0 Å². The number of likely N-dealkylation sites (tertiary alicyclic amines) is 2. The number of amides is 1. The molecular weight excluding hydrogens is 402 g/mol. The Bertz CT molecular complexity index is 897. The zero-order chi connectivity index (χ0) is 20.7. The normalized spacial score (nSPS) is 27.5. The molecule has 1 saturated carbocycles. The van der Waals surface area contributed by atoms with Gasteiger partial charge < -0.3 is 4.90 Å². The van der Waals surface area contributed by atoms with Gasteiger partial charge in [-0.15, -0.1) is 0 Å². The summed E-state index contributed by atoms with van der Waals surface area (Å²) in [5, 5.41) is 4.34. The van der Waals surface area contributed by atoms with Crippen molar-refractivity contribution in [3.63, 3.8) is 0 Å². The average molecular weight is 431 g/mol. The maximum Gasteiger partial charge on any atom is 0.225 e. The zero-order valence-corrected chi connectivity index (χ0v) is 17.9. The van der Waals surface area contributed by atoms with E-state index in [1.54, 1.807) is 17.4 Å². The topological polar surface area (TPSA) is 23.6 Å². The van der Waals surface area contributed by atoms with E-state index < -0.39 is 11.6 Å². The van der Waals surface area contributed by atoms with Crippen molar-refractivity contribution in [3.05, 3.63) is 57.8 Å². The van der Waals surface area contributed by atoms with Crippen molar-refractivity contribution in [2.45, 2.75) is 50.6 Å². The summed E-state index contributed by atoms with van der Waals surface area (Å²) < 4.78 is 26.9. The minimum Gasteiger partial charge on any atom is -0.338 e. The van der Waals surface area contributed by atoms with E-state index in [0.29, 0.717) is 30.3 Å². The molecule has 0 unspecified atom stereocenters. The first kappa shape index (κ1) is 20.1. The third-order valence-electron chi connectivity index (χ3n) is 7.36. The lowest BCUT2D eigenvalue weighted by molar-refractivity contribution is -0.137. The van der Waals surface area contributed by atoms with Gasteiger partial charge in [-0.25, -0.2) is 8.78 Å². The number of fused-ring (bicyclic) bond motifs is 1. The molecule has 1 aromatic carbocycles. The van der Waals surface area contributed by atoms with Gasteiger partial charge in [-0.1, -0.05) is 18.9 Å². The number of rotatable bonds is 4. The van der Waals surface area contributed by atoms with E-state index in [9.17, 15) is 13.6 Å². The summed E-state index contributed by atoms with van der Waals surface area (Å²) in [6, 6.07) is 6.69. The largest absolute Gasteiger partial charge is 0.338 e. The van der Waals surface area contributed by atoms with Crippen LogP contribution in [0.15, 0.2) is 35.0 Å². The quantitative estimate of drug-likeness (QED) is 0.679. The van der Waals surface area contributed by atoms with Crippen LogP contribution in [-0.4, -0.2) is 41.4 Å². The molecule has 3 fully saturated rings. The van der Waals surface area contributed by atoms with Crippen molar-refractivity contribution in [1.29, 1.82) is 0 Å². The predicted octanol–water partition coefficient (Wildman–Crippen LogP) is 5.03. The number of benzene rings is 1. The summed E-state index contributed by atoms with van der Waals surface area (Å²) in [5.41, 5.74) is 2.14.